The summed E-state index contributed by atoms with van der Waals surface area (Å²) in [7, 11) is 0. The molecule has 2 nitrogen and oxygen atoms in total. The van der Waals surface area contributed by atoms with Gasteiger partial charge in [0.1, 0.15) is 5.82 Å². The van der Waals surface area contributed by atoms with Crippen molar-refractivity contribution in [3.05, 3.63) is 30.5 Å². The maximum Gasteiger partial charge on any atom is 0.106 e. The summed E-state index contributed by atoms with van der Waals surface area (Å²) in [4.78, 5) is 3.08. The second kappa shape index (κ2) is 18.2. The van der Waals surface area contributed by atoms with Crippen molar-refractivity contribution in [3.63, 3.8) is 0 Å². The molecule has 0 radical (unpaired) electrons. The first-order valence-electron chi connectivity index (χ1n) is 7.06. The summed E-state index contributed by atoms with van der Waals surface area (Å²) in [5.74, 6) is 1.92. The Hall–Kier alpha value is -1.18. The van der Waals surface area contributed by atoms with E-state index in [9.17, 15) is 0 Å². The highest BCUT2D eigenvalue weighted by atomic mass is 15.0. The molecule has 18 heavy (non-hydrogen) atoms. The Kier molecular flexibility index (Phi) is 22.3. The van der Waals surface area contributed by atoms with Crippen LogP contribution < -0.4 is 5.32 Å². The molecule has 1 aromatic rings. The number of hydrogen-bond acceptors (Lipinski definition) is 1. The van der Waals surface area contributed by atoms with Gasteiger partial charge < -0.3 is 10.3 Å². The van der Waals surface area contributed by atoms with Crippen molar-refractivity contribution in [2.75, 3.05) is 11.9 Å². The average Bonchev–Trinajstić information content (AvgIpc) is 2.77. The van der Waals surface area contributed by atoms with Crippen LogP contribution in [0.2, 0.25) is 0 Å². The van der Waals surface area contributed by atoms with Crippen molar-refractivity contribution in [1.29, 1.82) is 0 Å². The summed E-state index contributed by atoms with van der Waals surface area (Å²) in [5, 5.41) is 3.17. The minimum absolute atomic E-state index is 0.807. The summed E-state index contributed by atoms with van der Waals surface area (Å²) < 4.78 is 0. The van der Waals surface area contributed by atoms with E-state index >= 15 is 0 Å². The van der Waals surface area contributed by atoms with Gasteiger partial charge in [0, 0.05) is 12.7 Å². The Morgan fingerprint density at radius 2 is 1.67 bits per heavy atom. The number of H-pyrrole nitrogens is 1. The molecule has 0 saturated carbocycles. The molecule has 108 valence electrons. The number of aryl methyl sites for hydroxylation is 1. The molecule has 0 amide bonds. The van der Waals surface area contributed by atoms with E-state index in [0.717, 1.165) is 18.3 Å². The number of aromatic nitrogens is 1. The van der Waals surface area contributed by atoms with Crippen molar-refractivity contribution < 1.29 is 0 Å². The third-order valence-corrected chi connectivity index (χ3v) is 1.38. The summed E-state index contributed by atoms with van der Waals surface area (Å²) >= 11 is 0. The first-order valence-corrected chi connectivity index (χ1v) is 7.06. The molecule has 0 saturated heterocycles. The van der Waals surface area contributed by atoms with Crippen LogP contribution in [0.5, 0.6) is 0 Å². The molecule has 0 aromatic carbocycles. The molecule has 0 bridgehead atoms. The summed E-state index contributed by atoms with van der Waals surface area (Å²) in [6.45, 7) is 21.0. The second-order valence-electron chi connectivity index (χ2n) is 3.94. The Morgan fingerprint density at radius 1 is 1.22 bits per heavy atom. The van der Waals surface area contributed by atoms with E-state index in [1.54, 1.807) is 0 Å². The topological polar surface area (TPSA) is 27.8 Å². The Morgan fingerprint density at radius 3 is 1.94 bits per heavy atom. The molecule has 0 spiro atoms. The molecule has 0 unspecified atom stereocenters. The zero-order valence-electron chi connectivity index (χ0n) is 13.7. The standard InChI is InChI=1S/C8H12N2.C4H10.2C2H6/c1-3-5-9-8-7(2)4-6-10-8;1-4(2)3;2*1-2/h3-4,6,9-10H,1,5H2,2H3;4H,1-3H3;2*1-2H3. The van der Waals surface area contributed by atoms with Crippen LogP contribution >= 0.6 is 0 Å². The smallest absolute Gasteiger partial charge is 0.106 e. The number of nitrogens with one attached hydrogen (secondary N) is 2. The molecule has 0 aliphatic carbocycles. The van der Waals surface area contributed by atoms with Crippen LogP contribution in [0, 0.1) is 12.8 Å². The zero-order chi connectivity index (χ0) is 15.0. The van der Waals surface area contributed by atoms with Gasteiger partial charge in [-0.1, -0.05) is 54.5 Å². The quantitative estimate of drug-likeness (QED) is 0.672. The number of aromatic amines is 1. The lowest BCUT2D eigenvalue weighted by molar-refractivity contribution is 0.737. The maximum absolute atomic E-state index is 3.61. The fourth-order valence-corrected chi connectivity index (χ4v) is 0.812. The van der Waals surface area contributed by atoms with Gasteiger partial charge in [0.05, 0.1) is 0 Å². The lowest BCUT2D eigenvalue weighted by atomic mass is 10.3. The van der Waals surface area contributed by atoms with Gasteiger partial charge in [0.15, 0.2) is 0 Å². The van der Waals surface area contributed by atoms with E-state index in [2.05, 4.69) is 44.6 Å². The monoisotopic (exact) mass is 254 g/mol. The predicted molar refractivity (Wildman–Crippen MR) is 87.4 cm³/mol. The molecule has 0 aliphatic rings. The number of anilines is 1. The highest BCUT2D eigenvalue weighted by Crippen LogP contribution is 2.09. The number of rotatable bonds is 3. The lowest BCUT2D eigenvalue weighted by Gasteiger charge is -1.99. The van der Waals surface area contributed by atoms with Crippen LogP contribution in [-0.4, -0.2) is 11.5 Å². The zero-order valence-corrected chi connectivity index (χ0v) is 13.7. The minimum atomic E-state index is 0.807. The van der Waals surface area contributed by atoms with E-state index in [4.69, 9.17) is 0 Å². The summed E-state index contributed by atoms with van der Waals surface area (Å²) in [6.07, 6.45) is 3.75. The van der Waals surface area contributed by atoms with Crippen LogP contribution in [-0.2, 0) is 0 Å². The highest BCUT2D eigenvalue weighted by molar-refractivity contribution is 5.43. The molecule has 1 heterocycles. The summed E-state index contributed by atoms with van der Waals surface area (Å²) in [6, 6.07) is 2.03. The minimum Gasteiger partial charge on any atom is -0.368 e. The van der Waals surface area contributed by atoms with Gasteiger partial charge in [0.2, 0.25) is 0 Å². The fraction of sp³-hybridized carbons (Fsp3) is 0.625. The first kappa shape index (κ1) is 22.0. The normalized spacial score (nSPS) is 7.83. The van der Waals surface area contributed by atoms with E-state index < -0.39 is 0 Å². The molecule has 0 aliphatic heterocycles. The molecular weight excluding hydrogens is 220 g/mol. The van der Waals surface area contributed by atoms with Crippen molar-refractivity contribution in [2.45, 2.75) is 55.4 Å². The van der Waals surface area contributed by atoms with Gasteiger partial charge in [-0.3, -0.25) is 0 Å². The third-order valence-electron chi connectivity index (χ3n) is 1.38. The molecule has 2 heteroatoms. The largest absolute Gasteiger partial charge is 0.368 e. The molecule has 0 atom stereocenters. The van der Waals surface area contributed by atoms with Crippen LogP contribution in [0.25, 0.3) is 0 Å². The van der Waals surface area contributed by atoms with E-state index in [1.807, 2.05) is 46.0 Å². The Bertz CT molecular complexity index is 247. The third kappa shape index (κ3) is 17.2. The van der Waals surface area contributed by atoms with E-state index in [1.165, 1.54) is 5.56 Å². The van der Waals surface area contributed by atoms with Crippen LogP contribution in [0.3, 0.4) is 0 Å². The first-order chi connectivity index (χ1) is 8.57. The molecule has 1 aromatic heterocycles. The van der Waals surface area contributed by atoms with Gasteiger partial charge in [-0.15, -0.1) is 6.58 Å². The van der Waals surface area contributed by atoms with Crippen LogP contribution in [0.15, 0.2) is 24.9 Å². The SMILES string of the molecule is C=CCNc1[nH]ccc1C.CC.CC.CC(C)C. The number of hydrogen-bond donors (Lipinski definition) is 2. The van der Waals surface area contributed by atoms with Crippen molar-refractivity contribution in [1.82, 2.24) is 4.98 Å². The Balaban J connectivity index is -0.000000238. The summed E-state index contributed by atoms with van der Waals surface area (Å²) in [5.41, 5.74) is 1.24. The van der Waals surface area contributed by atoms with Crippen molar-refractivity contribution in [3.8, 4) is 0 Å². The van der Waals surface area contributed by atoms with Crippen LogP contribution in [0.4, 0.5) is 5.82 Å². The maximum atomic E-state index is 3.61. The average molecular weight is 254 g/mol. The fourth-order valence-electron chi connectivity index (χ4n) is 0.812. The van der Waals surface area contributed by atoms with Gasteiger partial charge >= 0.3 is 0 Å². The second-order valence-corrected chi connectivity index (χ2v) is 3.94. The Labute approximate surface area is 115 Å². The van der Waals surface area contributed by atoms with Crippen molar-refractivity contribution in [2.24, 2.45) is 5.92 Å². The van der Waals surface area contributed by atoms with E-state index in [-0.39, 0.29) is 0 Å². The molecule has 2 N–H and O–H groups in total. The van der Waals surface area contributed by atoms with Gasteiger partial charge in [-0.2, -0.15) is 0 Å². The molecular formula is C16H34N2. The van der Waals surface area contributed by atoms with E-state index in [0.29, 0.717) is 0 Å². The molecule has 1 rings (SSSR count). The molecule has 0 fully saturated rings. The van der Waals surface area contributed by atoms with Crippen LogP contribution in [0.1, 0.15) is 54.0 Å². The van der Waals surface area contributed by atoms with Gasteiger partial charge in [-0.25, -0.2) is 0 Å². The van der Waals surface area contributed by atoms with Crippen molar-refractivity contribution >= 4 is 5.82 Å². The predicted octanol–water partition coefficient (Wildman–Crippen LogP) is 5.64. The highest BCUT2D eigenvalue weighted by Gasteiger charge is 1.93. The van der Waals surface area contributed by atoms with Gasteiger partial charge in [-0.05, 0) is 24.5 Å². The van der Waals surface area contributed by atoms with Gasteiger partial charge in [0.25, 0.3) is 0 Å². The lowest BCUT2D eigenvalue weighted by Crippen LogP contribution is -1.98.